The van der Waals surface area contributed by atoms with Crippen molar-refractivity contribution in [3.05, 3.63) is 45.5 Å². The summed E-state index contributed by atoms with van der Waals surface area (Å²) in [6, 6.07) is 5.67. The highest BCUT2D eigenvalue weighted by Gasteiger charge is 2.22. The minimum atomic E-state index is -4.51. The van der Waals surface area contributed by atoms with Gasteiger partial charge in [0.25, 0.3) is 15.8 Å². The van der Waals surface area contributed by atoms with Crippen LogP contribution in [0.15, 0.2) is 29.2 Å². The largest absolute Gasteiger partial charge is 0.295 e. The molecule has 0 saturated carbocycles. The van der Waals surface area contributed by atoms with Gasteiger partial charge in [0.05, 0.1) is 4.92 Å². The van der Waals surface area contributed by atoms with E-state index in [0.717, 1.165) is 28.7 Å². The first-order valence-corrected chi connectivity index (χ1v) is 8.25. The van der Waals surface area contributed by atoms with Gasteiger partial charge in [-0.3, -0.25) is 14.7 Å². The fraction of sp³-hybridized carbons (Fsp3) is 0.167. The molecular formula is C12H9NO5S2. The first-order chi connectivity index (χ1) is 9.36. The van der Waals surface area contributed by atoms with Crippen molar-refractivity contribution in [3.8, 4) is 0 Å². The maximum atomic E-state index is 11.4. The molecule has 0 fully saturated rings. The molecule has 8 heteroatoms. The monoisotopic (exact) mass is 311 g/mol. The fourth-order valence-corrected chi connectivity index (χ4v) is 4.12. The summed E-state index contributed by atoms with van der Waals surface area (Å²) in [5.41, 5.74) is 1.70. The molecule has 3 rings (SSSR count). The molecular weight excluding hydrogens is 302 g/mol. The zero-order valence-electron chi connectivity index (χ0n) is 10.1. The summed E-state index contributed by atoms with van der Waals surface area (Å²) in [5, 5.41) is 11.7. The predicted molar refractivity (Wildman–Crippen MR) is 75.4 cm³/mol. The third-order valence-corrected chi connectivity index (χ3v) is 5.15. The molecule has 1 N–H and O–H groups in total. The van der Waals surface area contributed by atoms with Crippen LogP contribution in [0.1, 0.15) is 11.1 Å². The Hall–Kier alpha value is -1.64. The molecule has 0 spiro atoms. The molecule has 0 atom stereocenters. The molecule has 20 heavy (non-hydrogen) atoms. The van der Waals surface area contributed by atoms with E-state index in [4.69, 9.17) is 0 Å². The lowest BCUT2D eigenvalue weighted by molar-refractivity contribution is -0.384. The molecule has 6 nitrogen and oxygen atoms in total. The van der Waals surface area contributed by atoms with Gasteiger partial charge in [-0.05, 0) is 28.6 Å². The SMILES string of the molecule is O=[N+]([O-])c1cc(S(=O)(=O)O)c2cc3c(cc2c1)CSC3. The molecule has 0 unspecified atom stereocenters. The van der Waals surface area contributed by atoms with E-state index >= 15 is 0 Å². The molecule has 1 heterocycles. The van der Waals surface area contributed by atoms with Gasteiger partial charge in [-0.25, -0.2) is 0 Å². The van der Waals surface area contributed by atoms with Gasteiger partial charge in [-0.15, -0.1) is 0 Å². The third kappa shape index (κ3) is 2.15. The topological polar surface area (TPSA) is 97.5 Å². The summed E-state index contributed by atoms with van der Waals surface area (Å²) in [6.45, 7) is 0. The van der Waals surface area contributed by atoms with Crippen LogP contribution in [0.25, 0.3) is 10.8 Å². The van der Waals surface area contributed by atoms with Crippen molar-refractivity contribution in [1.82, 2.24) is 0 Å². The number of nitro groups is 1. The van der Waals surface area contributed by atoms with Crippen LogP contribution in [-0.4, -0.2) is 17.9 Å². The first kappa shape index (κ1) is 13.3. The highest BCUT2D eigenvalue weighted by atomic mass is 32.2. The van der Waals surface area contributed by atoms with Crippen molar-refractivity contribution in [3.63, 3.8) is 0 Å². The number of thioether (sulfide) groups is 1. The Bertz CT molecular complexity index is 845. The zero-order valence-corrected chi connectivity index (χ0v) is 11.7. The molecule has 2 aromatic rings. The number of non-ortho nitro benzene ring substituents is 1. The second-order valence-electron chi connectivity index (χ2n) is 4.51. The van der Waals surface area contributed by atoms with E-state index in [1.165, 1.54) is 6.07 Å². The zero-order chi connectivity index (χ0) is 14.5. The third-order valence-electron chi connectivity index (χ3n) is 3.22. The van der Waals surface area contributed by atoms with Gasteiger partial charge in [0.15, 0.2) is 0 Å². The van der Waals surface area contributed by atoms with Crippen LogP contribution >= 0.6 is 11.8 Å². The molecule has 1 aliphatic heterocycles. The Balaban J connectivity index is 2.42. The highest BCUT2D eigenvalue weighted by Crippen LogP contribution is 2.36. The predicted octanol–water partition coefficient (Wildman–Crippen LogP) is 2.74. The van der Waals surface area contributed by atoms with E-state index in [0.29, 0.717) is 10.8 Å². The maximum absolute atomic E-state index is 11.4. The van der Waals surface area contributed by atoms with Gasteiger partial charge in [-0.1, -0.05) is 0 Å². The van der Waals surface area contributed by atoms with Crippen LogP contribution < -0.4 is 0 Å². The van der Waals surface area contributed by atoms with Crippen molar-refractivity contribution < 1.29 is 17.9 Å². The van der Waals surface area contributed by atoms with Crippen LogP contribution in [0.3, 0.4) is 0 Å². The molecule has 0 aromatic heterocycles. The molecule has 0 aliphatic carbocycles. The molecule has 0 saturated heterocycles. The number of benzene rings is 2. The minimum Gasteiger partial charge on any atom is -0.282 e. The summed E-state index contributed by atoms with van der Waals surface area (Å²) >= 11 is 1.69. The lowest BCUT2D eigenvalue weighted by atomic mass is 10.0. The molecule has 1 aliphatic rings. The van der Waals surface area contributed by atoms with Gasteiger partial charge >= 0.3 is 0 Å². The van der Waals surface area contributed by atoms with E-state index in [9.17, 15) is 23.1 Å². The molecule has 2 aromatic carbocycles. The van der Waals surface area contributed by atoms with Crippen molar-refractivity contribution in [2.45, 2.75) is 16.4 Å². The van der Waals surface area contributed by atoms with Crippen LogP contribution in [-0.2, 0) is 21.6 Å². The van der Waals surface area contributed by atoms with Gasteiger partial charge in [0.1, 0.15) is 4.90 Å². The quantitative estimate of drug-likeness (QED) is 0.520. The Morgan fingerprint density at radius 2 is 1.80 bits per heavy atom. The number of hydrogen-bond donors (Lipinski definition) is 1. The van der Waals surface area contributed by atoms with Crippen LogP contribution in [0.2, 0.25) is 0 Å². The summed E-state index contributed by atoms with van der Waals surface area (Å²) in [7, 11) is -4.51. The van der Waals surface area contributed by atoms with Gasteiger partial charge in [0.2, 0.25) is 0 Å². The summed E-state index contributed by atoms with van der Waals surface area (Å²) < 4.78 is 32.2. The van der Waals surface area contributed by atoms with Crippen molar-refractivity contribution >= 4 is 38.3 Å². The number of rotatable bonds is 2. The average molecular weight is 311 g/mol. The van der Waals surface area contributed by atoms with Gasteiger partial charge in [-0.2, -0.15) is 20.2 Å². The van der Waals surface area contributed by atoms with Crippen LogP contribution in [0.4, 0.5) is 5.69 Å². The van der Waals surface area contributed by atoms with E-state index in [2.05, 4.69) is 0 Å². The van der Waals surface area contributed by atoms with Gasteiger partial charge in [0, 0.05) is 29.0 Å². The van der Waals surface area contributed by atoms with Gasteiger partial charge < -0.3 is 0 Å². The standard InChI is InChI=1S/C12H9NO5S2/c14-13(15)10-2-7-1-8-5-19-6-9(8)3-11(7)12(4-10)20(16,17)18/h1-4H,5-6H2,(H,16,17,18). The van der Waals surface area contributed by atoms with E-state index in [1.807, 2.05) is 0 Å². The maximum Gasteiger partial charge on any atom is 0.295 e. The number of nitrogens with zero attached hydrogens (tertiary/aromatic N) is 1. The second kappa shape index (κ2) is 4.44. The minimum absolute atomic E-state index is 0.319. The fourth-order valence-electron chi connectivity index (χ4n) is 2.31. The lowest BCUT2D eigenvalue weighted by Crippen LogP contribution is -2.01. The number of fused-ring (bicyclic) bond motifs is 2. The van der Waals surface area contributed by atoms with Crippen LogP contribution in [0, 0.1) is 10.1 Å². The number of hydrogen-bond acceptors (Lipinski definition) is 5. The van der Waals surface area contributed by atoms with Crippen LogP contribution in [0.5, 0.6) is 0 Å². The molecule has 104 valence electrons. The van der Waals surface area contributed by atoms with Crippen molar-refractivity contribution in [2.24, 2.45) is 0 Å². The van der Waals surface area contributed by atoms with E-state index in [1.54, 1.807) is 23.9 Å². The summed E-state index contributed by atoms with van der Waals surface area (Å²) in [4.78, 5) is 9.80. The molecule has 0 radical (unpaired) electrons. The lowest BCUT2D eigenvalue weighted by Gasteiger charge is -2.07. The molecule has 0 bridgehead atoms. The second-order valence-corrected chi connectivity index (χ2v) is 6.89. The Morgan fingerprint density at radius 3 is 2.40 bits per heavy atom. The van der Waals surface area contributed by atoms with E-state index < -0.39 is 19.9 Å². The molecule has 0 amide bonds. The average Bonchev–Trinajstić information content (AvgIpc) is 2.80. The normalized spacial score (nSPS) is 14.4. The Labute approximate surface area is 118 Å². The van der Waals surface area contributed by atoms with E-state index in [-0.39, 0.29) is 5.69 Å². The highest BCUT2D eigenvalue weighted by molar-refractivity contribution is 7.98. The Kier molecular flexibility index (Phi) is 2.96. The van der Waals surface area contributed by atoms with Crippen molar-refractivity contribution in [1.29, 1.82) is 0 Å². The smallest absolute Gasteiger partial charge is 0.282 e. The summed E-state index contributed by atoms with van der Waals surface area (Å²) in [6.07, 6.45) is 0. The summed E-state index contributed by atoms with van der Waals surface area (Å²) in [5.74, 6) is 1.57. The Morgan fingerprint density at radius 1 is 1.15 bits per heavy atom. The van der Waals surface area contributed by atoms with Crippen molar-refractivity contribution in [2.75, 3.05) is 0 Å². The first-order valence-electron chi connectivity index (χ1n) is 5.65. The number of nitro benzene ring substituents is 1.